The zero-order valence-electron chi connectivity index (χ0n) is 13.2. The average Bonchev–Trinajstić information content (AvgIpc) is 3.06. The van der Waals surface area contributed by atoms with Gasteiger partial charge < -0.3 is 24.0 Å². The number of methoxy groups -OCH3 is 1. The van der Waals surface area contributed by atoms with Crippen molar-refractivity contribution in [3.8, 4) is 11.5 Å². The first kappa shape index (κ1) is 16.8. The zero-order valence-corrected chi connectivity index (χ0v) is 13.2. The molecule has 7 nitrogen and oxygen atoms in total. The van der Waals surface area contributed by atoms with Gasteiger partial charge in [-0.2, -0.15) is 0 Å². The highest BCUT2D eigenvalue weighted by Gasteiger charge is 2.18. The Hall–Kier alpha value is -2.54. The molecule has 1 heterocycles. The molecule has 1 N–H and O–H groups in total. The van der Waals surface area contributed by atoms with Crippen LogP contribution in [0.1, 0.15) is 23.2 Å². The quantitative estimate of drug-likeness (QED) is 0.797. The molecule has 0 saturated heterocycles. The van der Waals surface area contributed by atoms with E-state index in [0.717, 1.165) is 0 Å². The first-order valence-corrected chi connectivity index (χ1v) is 7.30. The van der Waals surface area contributed by atoms with Crippen LogP contribution in [0.3, 0.4) is 0 Å². The van der Waals surface area contributed by atoms with Crippen molar-refractivity contribution < 1.29 is 23.9 Å². The number of aromatic nitrogens is 1. The van der Waals surface area contributed by atoms with E-state index in [0.29, 0.717) is 23.8 Å². The summed E-state index contributed by atoms with van der Waals surface area (Å²) in [5.41, 5.74) is 0.199. The predicted molar refractivity (Wildman–Crippen MR) is 82.5 cm³/mol. The standard InChI is InChI=1S/C16H20N2O5/c1-3-18(7-8-19)16(20)15-10-14(23-17-15)11-22-13-6-4-5-12(9-13)21-2/h4-6,9-10,19H,3,7-8,11H2,1-2H3. The Morgan fingerprint density at radius 2 is 2.13 bits per heavy atom. The number of aliphatic hydroxyl groups is 1. The topological polar surface area (TPSA) is 85.0 Å². The van der Waals surface area contributed by atoms with Crippen molar-refractivity contribution in [2.24, 2.45) is 0 Å². The Kier molecular flexibility index (Phi) is 5.99. The molecule has 2 aromatic rings. The van der Waals surface area contributed by atoms with Gasteiger partial charge in [-0.25, -0.2) is 0 Å². The third-order valence-corrected chi connectivity index (χ3v) is 3.24. The molecule has 0 unspecified atom stereocenters. The van der Waals surface area contributed by atoms with Crippen molar-refractivity contribution in [2.75, 3.05) is 26.8 Å². The van der Waals surface area contributed by atoms with E-state index in [2.05, 4.69) is 5.16 Å². The van der Waals surface area contributed by atoms with Crippen LogP contribution in [0, 0.1) is 0 Å². The molecule has 0 aliphatic heterocycles. The number of nitrogens with zero attached hydrogens (tertiary/aromatic N) is 2. The summed E-state index contributed by atoms with van der Waals surface area (Å²) in [6.07, 6.45) is 0. The number of hydrogen-bond acceptors (Lipinski definition) is 6. The van der Waals surface area contributed by atoms with Crippen molar-refractivity contribution in [2.45, 2.75) is 13.5 Å². The number of rotatable bonds is 8. The number of carbonyl (C=O) groups is 1. The second-order valence-electron chi connectivity index (χ2n) is 4.75. The molecule has 23 heavy (non-hydrogen) atoms. The molecule has 0 aliphatic carbocycles. The third-order valence-electron chi connectivity index (χ3n) is 3.24. The molecule has 0 fully saturated rings. The summed E-state index contributed by atoms with van der Waals surface area (Å²) in [5.74, 6) is 1.48. The van der Waals surface area contributed by atoms with Crippen LogP contribution in [0.2, 0.25) is 0 Å². The van der Waals surface area contributed by atoms with E-state index in [4.69, 9.17) is 19.1 Å². The van der Waals surface area contributed by atoms with Crippen molar-refractivity contribution in [1.29, 1.82) is 0 Å². The van der Waals surface area contributed by atoms with Crippen LogP contribution in [0.4, 0.5) is 0 Å². The summed E-state index contributed by atoms with van der Waals surface area (Å²) in [5, 5.41) is 12.7. The second-order valence-corrected chi connectivity index (χ2v) is 4.75. The number of aliphatic hydroxyl groups excluding tert-OH is 1. The number of benzene rings is 1. The van der Waals surface area contributed by atoms with Gasteiger partial charge in [-0.3, -0.25) is 4.79 Å². The minimum atomic E-state index is -0.280. The maximum absolute atomic E-state index is 12.2. The van der Waals surface area contributed by atoms with Gasteiger partial charge in [0, 0.05) is 25.2 Å². The van der Waals surface area contributed by atoms with E-state index in [1.165, 1.54) is 4.90 Å². The fourth-order valence-electron chi connectivity index (χ4n) is 2.01. The second kappa shape index (κ2) is 8.19. The van der Waals surface area contributed by atoms with Crippen molar-refractivity contribution in [1.82, 2.24) is 10.1 Å². The molecule has 0 saturated carbocycles. The Labute approximate surface area is 134 Å². The summed E-state index contributed by atoms with van der Waals surface area (Å²) in [4.78, 5) is 13.7. The Morgan fingerprint density at radius 3 is 2.83 bits per heavy atom. The van der Waals surface area contributed by atoms with E-state index >= 15 is 0 Å². The smallest absolute Gasteiger partial charge is 0.276 e. The lowest BCUT2D eigenvalue weighted by molar-refractivity contribution is 0.0721. The summed E-state index contributed by atoms with van der Waals surface area (Å²) in [6.45, 7) is 2.64. The van der Waals surface area contributed by atoms with Crippen LogP contribution in [0.25, 0.3) is 0 Å². The molecule has 7 heteroatoms. The van der Waals surface area contributed by atoms with E-state index in [9.17, 15) is 4.79 Å². The first-order valence-electron chi connectivity index (χ1n) is 7.30. The van der Waals surface area contributed by atoms with Gasteiger partial charge in [0.15, 0.2) is 11.5 Å². The van der Waals surface area contributed by atoms with Gasteiger partial charge in [-0.15, -0.1) is 0 Å². The van der Waals surface area contributed by atoms with E-state index in [1.807, 2.05) is 19.1 Å². The third kappa shape index (κ3) is 4.46. The Morgan fingerprint density at radius 1 is 1.35 bits per heavy atom. The number of hydrogen-bond donors (Lipinski definition) is 1. The molecule has 1 aromatic carbocycles. The van der Waals surface area contributed by atoms with Crippen LogP contribution in [0.5, 0.6) is 11.5 Å². The minimum Gasteiger partial charge on any atom is -0.497 e. The maximum atomic E-state index is 12.2. The van der Waals surface area contributed by atoms with Crippen LogP contribution in [-0.4, -0.2) is 47.9 Å². The van der Waals surface area contributed by atoms with Crippen LogP contribution >= 0.6 is 0 Å². The highest BCUT2D eigenvalue weighted by atomic mass is 16.5. The van der Waals surface area contributed by atoms with Gasteiger partial charge in [-0.05, 0) is 19.1 Å². The number of carbonyl (C=O) groups excluding carboxylic acids is 1. The SMILES string of the molecule is CCN(CCO)C(=O)c1cc(COc2cccc(OC)c2)on1. The van der Waals surface area contributed by atoms with Crippen LogP contribution in [-0.2, 0) is 6.61 Å². The van der Waals surface area contributed by atoms with Gasteiger partial charge in [-0.1, -0.05) is 11.2 Å². The molecular formula is C16H20N2O5. The number of amides is 1. The summed E-state index contributed by atoms with van der Waals surface area (Å²) >= 11 is 0. The van der Waals surface area contributed by atoms with Crippen LogP contribution in [0.15, 0.2) is 34.9 Å². The van der Waals surface area contributed by atoms with E-state index in [-0.39, 0.29) is 31.4 Å². The molecule has 1 amide bonds. The number of likely N-dealkylation sites (N-methyl/N-ethyl adjacent to an activating group) is 1. The van der Waals surface area contributed by atoms with Gasteiger partial charge >= 0.3 is 0 Å². The lowest BCUT2D eigenvalue weighted by Crippen LogP contribution is -2.33. The van der Waals surface area contributed by atoms with Gasteiger partial charge in [0.2, 0.25) is 0 Å². The van der Waals surface area contributed by atoms with Gasteiger partial charge in [0.05, 0.1) is 13.7 Å². The maximum Gasteiger partial charge on any atom is 0.276 e. The molecule has 0 bridgehead atoms. The summed E-state index contributed by atoms with van der Waals surface area (Å²) < 4.78 is 15.8. The average molecular weight is 320 g/mol. The lowest BCUT2D eigenvalue weighted by atomic mass is 10.3. The molecule has 124 valence electrons. The van der Waals surface area contributed by atoms with E-state index < -0.39 is 0 Å². The van der Waals surface area contributed by atoms with Gasteiger partial charge in [0.1, 0.15) is 18.1 Å². The lowest BCUT2D eigenvalue weighted by Gasteiger charge is -2.17. The summed E-state index contributed by atoms with van der Waals surface area (Å²) in [6, 6.07) is 8.73. The first-order chi connectivity index (χ1) is 11.2. The Balaban J connectivity index is 1.97. The minimum absolute atomic E-state index is 0.0940. The summed E-state index contributed by atoms with van der Waals surface area (Å²) in [7, 11) is 1.58. The normalized spacial score (nSPS) is 10.4. The highest BCUT2D eigenvalue weighted by molar-refractivity contribution is 5.92. The largest absolute Gasteiger partial charge is 0.497 e. The highest BCUT2D eigenvalue weighted by Crippen LogP contribution is 2.20. The fourth-order valence-corrected chi connectivity index (χ4v) is 2.01. The fraction of sp³-hybridized carbons (Fsp3) is 0.375. The molecule has 0 aliphatic rings. The molecule has 0 spiro atoms. The predicted octanol–water partition coefficient (Wildman–Crippen LogP) is 1.72. The van der Waals surface area contributed by atoms with Crippen LogP contribution < -0.4 is 9.47 Å². The van der Waals surface area contributed by atoms with Crippen molar-refractivity contribution in [3.05, 3.63) is 41.8 Å². The molecular weight excluding hydrogens is 300 g/mol. The van der Waals surface area contributed by atoms with Crippen molar-refractivity contribution in [3.63, 3.8) is 0 Å². The molecule has 0 atom stereocenters. The Bertz CT molecular complexity index is 641. The molecule has 2 rings (SSSR count). The molecule has 0 radical (unpaired) electrons. The zero-order chi connectivity index (χ0) is 16.7. The molecule has 1 aromatic heterocycles. The van der Waals surface area contributed by atoms with Gasteiger partial charge in [0.25, 0.3) is 5.91 Å². The monoisotopic (exact) mass is 320 g/mol. The van der Waals surface area contributed by atoms with E-state index in [1.54, 1.807) is 25.3 Å². The number of ether oxygens (including phenoxy) is 2. The van der Waals surface area contributed by atoms with Crippen molar-refractivity contribution >= 4 is 5.91 Å².